The molecule has 4 aromatic rings. The quantitative estimate of drug-likeness (QED) is 0.521. The maximum absolute atomic E-state index is 4.76. The molecule has 4 rings (SSSR count). The van der Waals surface area contributed by atoms with Crippen molar-refractivity contribution < 1.29 is 0 Å². The van der Waals surface area contributed by atoms with Crippen molar-refractivity contribution in [1.29, 1.82) is 0 Å². The van der Waals surface area contributed by atoms with Crippen LogP contribution in [0, 0.1) is 6.92 Å². The van der Waals surface area contributed by atoms with Crippen LogP contribution in [0.5, 0.6) is 0 Å². The van der Waals surface area contributed by atoms with E-state index in [1.807, 2.05) is 67.7 Å². The number of rotatable bonds is 3. The Balaban J connectivity index is 1.90. The maximum atomic E-state index is 4.76. The molecule has 0 saturated carbocycles. The molecule has 0 radical (unpaired) electrons. The van der Waals surface area contributed by atoms with Gasteiger partial charge in [-0.15, -0.1) is 0 Å². The van der Waals surface area contributed by atoms with Crippen LogP contribution in [-0.4, -0.2) is 15.0 Å². The molecule has 0 amide bonds. The van der Waals surface area contributed by atoms with Gasteiger partial charge in [-0.2, -0.15) is 0 Å². The highest BCUT2D eigenvalue weighted by atomic mass is 14.9. The number of aromatic nitrogens is 3. The van der Waals surface area contributed by atoms with Gasteiger partial charge in [0, 0.05) is 17.3 Å². The molecule has 3 nitrogen and oxygen atoms in total. The van der Waals surface area contributed by atoms with Crippen molar-refractivity contribution in [2.24, 2.45) is 0 Å². The van der Waals surface area contributed by atoms with Crippen LogP contribution in [0.3, 0.4) is 0 Å². The monoisotopic (exact) mass is 323 g/mol. The molecule has 0 spiro atoms. The van der Waals surface area contributed by atoms with E-state index in [-0.39, 0.29) is 0 Å². The van der Waals surface area contributed by atoms with Gasteiger partial charge < -0.3 is 0 Å². The van der Waals surface area contributed by atoms with E-state index in [0.717, 1.165) is 33.8 Å². The van der Waals surface area contributed by atoms with Gasteiger partial charge in [0.15, 0.2) is 5.82 Å². The lowest BCUT2D eigenvalue weighted by atomic mass is 10.1. The number of benzene rings is 2. The maximum Gasteiger partial charge on any atom is 0.179 e. The summed E-state index contributed by atoms with van der Waals surface area (Å²) >= 11 is 0. The molecule has 0 atom stereocenters. The Bertz CT molecular complexity index is 921. The summed E-state index contributed by atoms with van der Waals surface area (Å²) in [4.78, 5) is 14.0. The summed E-state index contributed by atoms with van der Waals surface area (Å²) in [6.45, 7) is 2.02. The molecular weight excluding hydrogens is 306 g/mol. The fourth-order valence-corrected chi connectivity index (χ4v) is 2.68. The number of aryl methyl sites for hydroxylation is 1. The molecule has 25 heavy (non-hydrogen) atoms. The van der Waals surface area contributed by atoms with Gasteiger partial charge in [-0.1, -0.05) is 66.7 Å². The second-order valence-corrected chi connectivity index (χ2v) is 5.91. The Kier molecular flexibility index (Phi) is 4.05. The highest BCUT2D eigenvalue weighted by Crippen LogP contribution is 2.26. The van der Waals surface area contributed by atoms with Gasteiger partial charge in [0.1, 0.15) is 5.69 Å². The molecular formula is C22H17N3. The summed E-state index contributed by atoms with van der Waals surface area (Å²) in [5.74, 6) is 0.639. The second-order valence-electron chi connectivity index (χ2n) is 5.91. The van der Waals surface area contributed by atoms with E-state index < -0.39 is 0 Å². The molecule has 2 aromatic heterocycles. The highest BCUT2D eigenvalue weighted by Gasteiger charge is 2.10. The van der Waals surface area contributed by atoms with E-state index in [9.17, 15) is 0 Å². The van der Waals surface area contributed by atoms with Crippen LogP contribution < -0.4 is 0 Å². The molecule has 3 heteroatoms. The van der Waals surface area contributed by atoms with Crippen LogP contribution in [0.15, 0.2) is 85.1 Å². The van der Waals surface area contributed by atoms with Crippen molar-refractivity contribution in [2.45, 2.75) is 6.92 Å². The summed E-state index contributed by atoms with van der Waals surface area (Å²) in [5.41, 5.74) is 5.82. The van der Waals surface area contributed by atoms with Crippen molar-refractivity contribution >= 4 is 0 Å². The highest BCUT2D eigenvalue weighted by molar-refractivity contribution is 5.70. The van der Waals surface area contributed by atoms with Gasteiger partial charge in [-0.25, -0.2) is 9.97 Å². The molecule has 0 aliphatic carbocycles. The summed E-state index contributed by atoms with van der Waals surface area (Å²) in [5, 5.41) is 0. The molecule has 0 bridgehead atoms. The van der Waals surface area contributed by atoms with Crippen LogP contribution >= 0.6 is 0 Å². The molecule has 0 N–H and O–H groups in total. The zero-order valence-corrected chi connectivity index (χ0v) is 13.9. The van der Waals surface area contributed by atoms with E-state index in [2.05, 4.69) is 29.2 Å². The first-order chi connectivity index (χ1) is 12.3. The molecule has 0 fully saturated rings. The third-order valence-corrected chi connectivity index (χ3v) is 4.01. The molecule has 120 valence electrons. The largest absolute Gasteiger partial charge is 0.253 e. The lowest BCUT2D eigenvalue weighted by Crippen LogP contribution is -1.97. The Hall–Kier alpha value is -3.33. The SMILES string of the molecule is Cc1ccc(-c2nc(-c3ccccc3)cc(-c3ccccc3)n2)nc1. The summed E-state index contributed by atoms with van der Waals surface area (Å²) < 4.78 is 0. The fraction of sp³-hybridized carbons (Fsp3) is 0.0455. The zero-order valence-electron chi connectivity index (χ0n) is 13.9. The van der Waals surface area contributed by atoms with Crippen LogP contribution in [-0.2, 0) is 0 Å². The molecule has 0 aliphatic heterocycles. The number of nitrogens with zero attached hydrogens (tertiary/aromatic N) is 3. The minimum Gasteiger partial charge on any atom is -0.253 e. The fourth-order valence-electron chi connectivity index (χ4n) is 2.68. The lowest BCUT2D eigenvalue weighted by molar-refractivity contribution is 1.14. The standard InChI is InChI=1S/C22H17N3/c1-16-12-13-19(23-15-16)22-24-20(17-8-4-2-5-9-17)14-21(25-22)18-10-6-3-7-11-18/h2-15H,1H3. The van der Waals surface area contributed by atoms with Gasteiger partial charge in [-0.05, 0) is 24.6 Å². The first-order valence-corrected chi connectivity index (χ1v) is 8.22. The second kappa shape index (κ2) is 6.65. The molecule has 0 saturated heterocycles. The first-order valence-electron chi connectivity index (χ1n) is 8.22. The third kappa shape index (κ3) is 3.31. The predicted molar refractivity (Wildman–Crippen MR) is 101 cm³/mol. The van der Waals surface area contributed by atoms with E-state index in [1.54, 1.807) is 0 Å². The lowest BCUT2D eigenvalue weighted by Gasteiger charge is -2.09. The average molecular weight is 323 g/mol. The smallest absolute Gasteiger partial charge is 0.179 e. The van der Waals surface area contributed by atoms with Gasteiger partial charge in [-0.3, -0.25) is 4.98 Å². The Morgan fingerprint density at radius 1 is 0.600 bits per heavy atom. The average Bonchev–Trinajstić information content (AvgIpc) is 2.69. The molecule has 2 heterocycles. The minimum absolute atomic E-state index is 0.639. The molecule has 0 unspecified atom stereocenters. The van der Waals surface area contributed by atoms with E-state index >= 15 is 0 Å². The van der Waals surface area contributed by atoms with E-state index in [4.69, 9.17) is 9.97 Å². The summed E-state index contributed by atoms with van der Waals surface area (Å²) in [6.07, 6.45) is 1.84. The number of pyridine rings is 1. The van der Waals surface area contributed by atoms with Crippen LogP contribution in [0.1, 0.15) is 5.56 Å². The van der Waals surface area contributed by atoms with Crippen molar-refractivity contribution in [3.63, 3.8) is 0 Å². The Morgan fingerprint density at radius 3 is 1.64 bits per heavy atom. The van der Waals surface area contributed by atoms with Crippen molar-refractivity contribution in [2.75, 3.05) is 0 Å². The van der Waals surface area contributed by atoms with Crippen molar-refractivity contribution in [3.8, 4) is 34.0 Å². The van der Waals surface area contributed by atoms with Gasteiger partial charge >= 0.3 is 0 Å². The zero-order chi connectivity index (χ0) is 17.1. The van der Waals surface area contributed by atoms with Crippen molar-refractivity contribution in [1.82, 2.24) is 15.0 Å². The van der Waals surface area contributed by atoms with Gasteiger partial charge in [0.05, 0.1) is 11.4 Å². The van der Waals surface area contributed by atoms with E-state index in [0.29, 0.717) is 5.82 Å². The van der Waals surface area contributed by atoms with Crippen LogP contribution in [0.4, 0.5) is 0 Å². The normalized spacial score (nSPS) is 10.6. The number of hydrogen-bond acceptors (Lipinski definition) is 3. The van der Waals surface area contributed by atoms with Gasteiger partial charge in [0.2, 0.25) is 0 Å². The first kappa shape index (κ1) is 15.2. The summed E-state index contributed by atoms with van der Waals surface area (Å²) in [7, 11) is 0. The van der Waals surface area contributed by atoms with Crippen LogP contribution in [0.2, 0.25) is 0 Å². The Morgan fingerprint density at radius 2 is 1.16 bits per heavy atom. The van der Waals surface area contributed by atoms with E-state index in [1.165, 1.54) is 0 Å². The topological polar surface area (TPSA) is 38.7 Å². The predicted octanol–water partition coefficient (Wildman–Crippen LogP) is 5.18. The minimum atomic E-state index is 0.639. The van der Waals surface area contributed by atoms with Crippen LogP contribution in [0.25, 0.3) is 34.0 Å². The number of hydrogen-bond donors (Lipinski definition) is 0. The van der Waals surface area contributed by atoms with Gasteiger partial charge in [0.25, 0.3) is 0 Å². The molecule has 0 aliphatic rings. The third-order valence-electron chi connectivity index (χ3n) is 4.01. The summed E-state index contributed by atoms with van der Waals surface area (Å²) in [6, 6.07) is 26.3. The van der Waals surface area contributed by atoms with Crippen molar-refractivity contribution in [3.05, 3.63) is 90.6 Å². The Labute approximate surface area is 147 Å². The molecule has 2 aromatic carbocycles.